The molecule has 19 heavy (non-hydrogen) atoms. The average molecular weight is 253 g/mol. The van der Waals surface area contributed by atoms with Crippen molar-refractivity contribution < 1.29 is 0 Å². The summed E-state index contributed by atoms with van der Waals surface area (Å²) in [6.07, 6.45) is 1.07. The van der Waals surface area contributed by atoms with Crippen molar-refractivity contribution in [1.82, 2.24) is 5.32 Å². The third-order valence-corrected chi connectivity index (χ3v) is 3.50. The Labute approximate surface area is 116 Å². The molecule has 2 atom stereocenters. The molecule has 0 aliphatic carbocycles. The van der Waals surface area contributed by atoms with Gasteiger partial charge in [0, 0.05) is 12.1 Å². The molecule has 0 aliphatic heterocycles. The van der Waals surface area contributed by atoms with Crippen LogP contribution in [0, 0.1) is 6.92 Å². The van der Waals surface area contributed by atoms with E-state index in [9.17, 15) is 0 Å². The summed E-state index contributed by atoms with van der Waals surface area (Å²) in [5.74, 6) is 0. The largest absolute Gasteiger partial charge is 0.307 e. The van der Waals surface area contributed by atoms with Gasteiger partial charge < -0.3 is 5.32 Å². The zero-order valence-corrected chi connectivity index (χ0v) is 12.1. The Morgan fingerprint density at radius 2 is 1.53 bits per heavy atom. The van der Waals surface area contributed by atoms with Gasteiger partial charge in [-0.2, -0.15) is 0 Å². The zero-order chi connectivity index (χ0) is 13.7. The van der Waals surface area contributed by atoms with Crippen LogP contribution in [0.4, 0.5) is 0 Å². The van der Waals surface area contributed by atoms with Gasteiger partial charge in [0.2, 0.25) is 0 Å². The predicted molar refractivity (Wildman–Crippen MR) is 82.3 cm³/mol. The van der Waals surface area contributed by atoms with Gasteiger partial charge in [0.05, 0.1) is 0 Å². The van der Waals surface area contributed by atoms with Crippen LogP contribution >= 0.6 is 0 Å². The Morgan fingerprint density at radius 3 is 2.16 bits per heavy atom. The van der Waals surface area contributed by atoms with Gasteiger partial charge in [-0.25, -0.2) is 0 Å². The molecular formula is C18H23N. The first-order valence-electron chi connectivity index (χ1n) is 7.01. The van der Waals surface area contributed by atoms with Crippen molar-refractivity contribution in [2.75, 3.05) is 0 Å². The smallest absolute Gasteiger partial charge is 0.0294 e. The molecule has 0 aromatic heterocycles. The first-order valence-corrected chi connectivity index (χ1v) is 7.01. The van der Waals surface area contributed by atoms with Gasteiger partial charge >= 0.3 is 0 Å². The van der Waals surface area contributed by atoms with Gasteiger partial charge in [0.1, 0.15) is 0 Å². The topological polar surface area (TPSA) is 12.0 Å². The summed E-state index contributed by atoms with van der Waals surface area (Å²) in [6.45, 7) is 6.60. The molecule has 0 amide bonds. The molecule has 0 bridgehead atoms. The van der Waals surface area contributed by atoms with Gasteiger partial charge in [0.15, 0.2) is 0 Å². The molecule has 0 spiro atoms. The summed E-state index contributed by atoms with van der Waals surface area (Å²) in [5, 5.41) is 3.66. The number of hydrogen-bond donors (Lipinski definition) is 1. The highest BCUT2D eigenvalue weighted by Crippen LogP contribution is 2.14. The van der Waals surface area contributed by atoms with E-state index in [0.717, 1.165) is 6.42 Å². The fourth-order valence-electron chi connectivity index (χ4n) is 2.40. The Balaban J connectivity index is 1.91. The molecule has 100 valence electrons. The van der Waals surface area contributed by atoms with Crippen LogP contribution in [-0.4, -0.2) is 6.04 Å². The van der Waals surface area contributed by atoms with Crippen molar-refractivity contribution in [1.29, 1.82) is 0 Å². The van der Waals surface area contributed by atoms with E-state index < -0.39 is 0 Å². The summed E-state index contributed by atoms with van der Waals surface area (Å²) in [5.41, 5.74) is 4.05. The van der Waals surface area contributed by atoms with Crippen LogP contribution in [0.15, 0.2) is 54.6 Å². The maximum atomic E-state index is 3.66. The molecule has 0 saturated carbocycles. The molecule has 0 radical (unpaired) electrons. The number of benzene rings is 2. The van der Waals surface area contributed by atoms with Gasteiger partial charge in [-0.3, -0.25) is 0 Å². The van der Waals surface area contributed by atoms with E-state index in [0.29, 0.717) is 12.1 Å². The second kappa shape index (κ2) is 6.53. The Hall–Kier alpha value is -1.60. The lowest BCUT2D eigenvalue weighted by Gasteiger charge is -2.20. The van der Waals surface area contributed by atoms with Crippen molar-refractivity contribution in [3.63, 3.8) is 0 Å². The van der Waals surface area contributed by atoms with E-state index >= 15 is 0 Å². The van der Waals surface area contributed by atoms with E-state index in [2.05, 4.69) is 80.7 Å². The van der Waals surface area contributed by atoms with Crippen LogP contribution < -0.4 is 5.32 Å². The summed E-state index contributed by atoms with van der Waals surface area (Å²) in [6, 6.07) is 20.3. The molecule has 0 heterocycles. The second-order valence-corrected chi connectivity index (χ2v) is 5.39. The first-order chi connectivity index (χ1) is 9.15. The Bertz CT molecular complexity index is 487. The summed E-state index contributed by atoms with van der Waals surface area (Å²) in [4.78, 5) is 0. The maximum Gasteiger partial charge on any atom is 0.0294 e. The third-order valence-electron chi connectivity index (χ3n) is 3.50. The van der Waals surface area contributed by atoms with Crippen LogP contribution in [0.25, 0.3) is 0 Å². The summed E-state index contributed by atoms with van der Waals surface area (Å²) >= 11 is 0. The molecule has 1 heteroatoms. The standard InChI is InChI=1S/C18H23N/c1-14-9-11-18(12-10-14)16(3)19-15(2)13-17-7-5-4-6-8-17/h4-12,15-16,19H,13H2,1-3H3. The molecule has 2 unspecified atom stereocenters. The normalized spacial score (nSPS) is 14.1. The van der Waals surface area contributed by atoms with Gasteiger partial charge in [-0.1, -0.05) is 60.2 Å². The summed E-state index contributed by atoms with van der Waals surface area (Å²) in [7, 11) is 0. The SMILES string of the molecule is Cc1ccc(C(C)NC(C)Cc2ccccc2)cc1. The molecule has 2 rings (SSSR count). The van der Waals surface area contributed by atoms with E-state index in [1.807, 2.05) is 0 Å². The fourth-order valence-corrected chi connectivity index (χ4v) is 2.40. The predicted octanol–water partition coefficient (Wildman–Crippen LogP) is 4.28. The minimum absolute atomic E-state index is 0.388. The van der Waals surface area contributed by atoms with E-state index in [-0.39, 0.29) is 0 Å². The van der Waals surface area contributed by atoms with Crippen molar-refractivity contribution in [3.05, 3.63) is 71.3 Å². The van der Waals surface area contributed by atoms with Crippen LogP contribution in [-0.2, 0) is 6.42 Å². The number of aryl methyl sites for hydroxylation is 1. The van der Waals surface area contributed by atoms with E-state index in [1.54, 1.807) is 0 Å². The molecule has 0 aliphatic rings. The quantitative estimate of drug-likeness (QED) is 0.838. The average Bonchev–Trinajstić information content (AvgIpc) is 2.40. The van der Waals surface area contributed by atoms with Gasteiger partial charge in [-0.15, -0.1) is 0 Å². The lowest BCUT2D eigenvalue weighted by Crippen LogP contribution is -2.30. The van der Waals surface area contributed by atoms with Crippen LogP contribution in [0.5, 0.6) is 0 Å². The van der Waals surface area contributed by atoms with E-state index in [1.165, 1.54) is 16.7 Å². The minimum atomic E-state index is 0.388. The molecule has 2 aromatic carbocycles. The lowest BCUT2D eigenvalue weighted by atomic mass is 10.0. The summed E-state index contributed by atoms with van der Waals surface area (Å²) < 4.78 is 0. The van der Waals surface area contributed by atoms with Crippen LogP contribution in [0.2, 0.25) is 0 Å². The Kier molecular flexibility index (Phi) is 4.75. The molecule has 1 nitrogen and oxygen atoms in total. The molecule has 0 saturated heterocycles. The fraction of sp³-hybridized carbons (Fsp3) is 0.333. The second-order valence-electron chi connectivity index (χ2n) is 5.39. The highest BCUT2D eigenvalue weighted by atomic mass is 14.9. The number of hydrogen-bond acceptors (Lipinski definition) is 1. The Morgan fingerprint density at radius 1 is 0.895 bits per heavy atom. The first kappa shape index (κ1) is 13.8. The minimum Gasteiger partial charge on any atom is -0.307 e. The lowest BCUT2D eigenvalue weighted by molar-refractivity contribution is 0.477. The van der Waals surface area contributed by atoms with Gasteiger partial charge in [0.25, 0.3) is 0 Å². The van der Waals surface area contributed by atoms with Crippen molar-refractivity contribution in [2.45, 2.75) is 39.3 Å². The number of nitrogens with one attached hydrogen (secondary N) is 1. The van der Waals surface area contributed by atoms with Gasteiger partial charge in [-0.05, 0) is 38.3 Å². The maximum absolute atomic E-state index is 3.66. The van der Waals surface area contributed by atoms with Crippen molar-refractivity contribution in [2.24, 2.45) is 0 Å². The third kappa shape index (κ3) is 4.22. The monoisotopic (exact) mass is 253 g/mol. The molecular weight excluding hydrogens is 230 g/mol. The van der Waals surface area contributed by atoms with E-state index in [4.69, 9.17) is 0 Å². The highest BCUT2D eigenvalue weighted by molar-refractivity contribution is 5.24. The molecule has 1 N–H and O–H groups in total. The van der Waals surface area contributed by atoms with Crippen molar-refractivity contribution >= 4 is 0 Å². The van der Waals surface area contributed by atoms with Crippen molar-refractivity contribution in [3.8, 4) is 0 Å². The van der Waals surface area contributed by atoms with Crippen LogP contribution in [0.3, 0.4) is 0 Å². The highest BCUT2D eigenvalue weighted by Gasteiger charge is 2.09. The van der Waals surface area contributed by atoms with Crippen LogP contribution in [0.1, 0.15) is 36.6 Å². The molecule has 2 aromatic rings. The zero-order valence-electron chi connectivity index (χ0n) is 12.1. The molecule has 0 fully saturated rings. The number of rotatable bonds is 5.